The third-order valence-corrected chi connectivity index (χ3v) is 7.43. The van der Waals surface area contributed by atoms with E-state index in [1.54, 1.807) is 6.08 Å². The Morgan fingerprint density at radius 2 is 1.59 bits per heavy atom. The summed E-state index contributed by atoms with van der Waals surface area (Å²) in [4.78, 5) is 11.3. The summed E-state index contributed by atoms with van der Waals surface area (Å²) in [6, 6.07) is 14.3. The molecule has 0 radical (unpaired) electrons. The Balaban J connectivity index is 1.45. The van der Waals surface area contributed by atoms with Gasteiger partial charge in [-0.2, -0.15) is 0 Å². The zero-order valence-electron chi connectivity index (χ0n) is 16.9. The molecule has 0 unspecified atom stereocenters. The molecule has 0 spiro atoms. The quantitative estimate of drug-likeness (QED) is 0.539. The number of carbonyl (C=O) groups is 1. The second kappa shape index (κ2) is 7.05. The number of phenolic OH excluding ortho intramolecular Hbond substituents is 1. The van der Waals surface area contributed by atoms with Crippen LogP contribution in [0.1, 0.15) is 49.7 Å². The SMILES string of the molecule is COC(=O)/C=C/c1ccc(-c2cc(O)cc(C34CC5CC(CC(C5)C3)C4)c2)cc1. The Morgan fingerprint density at radius 3 is 2.17 bits per heavy atom. The summed E-state index contributed by atoms with van der Waals surface area (Å²) in [5, 5.41) is 10.5. The van der Waals surface area contributed by atoms with E-state index < -0.39 is 0 Å². The molecule has 2 aromatic carbocycles. The molecule has 4 bridgehead atoms. The molecule has 3 nitrogen and oxygen atoms in total. The molecular weight excluding hydrogens is 360 g/mol. The highest BCUT2D eigenvalue weighted by Gasteiger charge is 2.51. The van der Waals surface area contributed by atoms with Gasteiger partial charge >= 0.3 is 5.97 Å². The smallest absolute Gasteiger partial charge is 0.330 e. The van der Waals surface area contributed by atoms with Gasteiger partial charge < -0.3 is 9.84 Å². The first kappa shape index (κ1) is 18.5. The third kappa shape index (κ3) is 3.48. The van der Waals surface area contributed by atoms with E-state index in [2.05, 4.69) is 22.9 Å². The van der Waals surface area contributed by atoms with Crippen LogP contribution in [0.2, 0.25) is 0 Å². The maximum absolute atomic E-state index is 11.3. The van der Waals surface area contributed by atoms with Crippen LogP contribution in [0.3, 0.4) is 0 Å². The second-order valence-corrected chi connectivity index (χ2v) is 9.44. The highest BCUT2D eigenvalue weighted by atomic mass is 16.5. The standard InChI is InChI=1S/C26H28O3/c1-29-25(28)7-4-17-2-5-21(6-3-17)22-11-23(13-24(27)12-22)26-14-18-8-19(15-26)10-20(9-18)16-26/h2-7,11-13,18-20,27H,8-10,14-16H2,1H3/b7-4+. The van der Waals surface area contributed by atoms with Gasteiger partial charge in [-0.05, 0) is 102 Å². The predicted octanol–water partition coefficient (Wildman–Crippen LogP) is 5.71. The molecule has 2 aromatic rings. The monoisotopic (exact) mass is 388 g/mol. The Hall–Kier alpha value is -2.55. The first-order valence-corrected chi connectivity index (χ1v) is 10.7. The number of rotatable bonds is 4. The van der Waals surface area contributed by atoms with Crippen LogP contribution >= 0.6 is 0 Å². The fourth-order valence-corrected chi connectivity index (χ4v) is 6.57. The lowest BCUT2D eigenvalue weighted by atomic mass is 9.48. The van der Waals surface area contributed by atoms with Gasteiger partial charge in [-0.3, -0.25) is 0 Å². The molecule has 0 heterocycles. The first-order chi connectivity index (χ1) is 14.0. The zero-order valence-corrected chi connectivity index (χ0v) is 16.9. The van der Waals surface area contributed by atoms with E-state index in [1.165, 1.54) is 57.3 Å². The highest BCUT2D eigenvalue weighted by molar-refractivity contribution is 5.87. The molecule has 150 valence electrons. The lowest BCUT2D eigenvalue weighted by Crippen LogP contribution is -2.48. The van der Waals surface area contributed by atoms with Crippen molar-refractivity contribution in [1.29, 1.82) is 0 Å². The molecule has 0 aromatic heterocycles. The first-order valence-electron chi connectivity index (χ1n) is 10.7. The topological polar surface area (TPSA) is 46.5 Å². The van der Waals surface area contributed by atoms with E-state index >= 15 is 0 Å². The van der Waals surface area contributed by atoms with Gasteiger partial charge in [0.05, 0.1) is 7.11 Å². The van der Waals surface area contributed by atoms with Crippen LogP contribution in [-0.2, 0) is 14.9 Å². The molecule has 0 saturated heterocycles. The van der Waals surface area contributed by atoms with Crippen LogP contribution in [0.15, 0.2) is 48.5 Å². The molecule has 4 aliphatic rings. The van der Waals surface area contributed by atoms with Crippen molar-refractivity contribution in [2.45, 2.75) is 43.9 Å². The van der Waals surface area contributed by atoms with Gasteiger partial charge in [0.25, 0.3) is 0 Å². The van der Waals surface area contributed by atoms with Crippen molar-refractivity contribution < 1.29 is 14.6 Å². The Kier molecular flexibility index (Phi) is 4.49. The number of hydrogen-bond acceptors (Lipinski definition) is 3. The number of ether oxygens (including phenoxy) is 1. The fraction of sp³-hybridized carbons (Fsp3) is 0.423. The number of hydrogen-bond donors (Lipinski definition) is 1. The molecule has 0 aliphatic heterocycles. The Labute approximate surface area is 172 Å². The van der Waals surface area contributed by atoms with Crippen LogP contribution in [-0.4, -0.2) is 18.2 Å². The van der Waals surface area contributed by atoms with E-state index in [-0.39, 0.29) is 11.4 Å². The van der Waals surface area contributed by atoms with Crippen LogP contribution in [0.25, 0.3) is 17.2 Å². The molecule has 0 amide bonds. The summed E-state index contributed by atoms with van der Waals surface area (Å²) < 4.78 is 4.64. The van der Waals surface area contributed by atoms with Gasteiger partial charge in [0, 0.05) is 6.08 Å². The number of methoxy groups -OCH3 is 1. The highest BCUT2D eigenvalue weighted by Crippen LogP contribution is 2.61. The maximum Gasteiger partial charge on any atom is 0.330 e. The summed E-state index contributed by atoms with van der Waals surface area (Å²) in [6.07, 6.45) is 11.3. The van der Waals surface area contributed by atoms with Gasteiger partial charge in [-0.25, -0.2) is 4.79 Å². The van der Waals surface area contributed by atoms with Crippen molar-refractivity contribution in [2.24, 2.45) is 17.8 Å². The molecule has 29 heavy (non-hydrogen) atoms. The molecule has 4 saturated carbocycles. The van der Waals surface area contributed by atoms with Crippen molar-refractivity contribution in [1.82, 2.24) is 0 Å². The lowest BCUT2D eigenvalue weighted by molar-refractivity contribution is -0.134. The minimum Gasteiger partial charge on any atom is -0.508 e. The van der Waals surface area contributed by atoms with Crippen molar-refractivity contribution >= 4 is 12.0 Å². The van der Waals surface area contributed by atoms with Gasteiger partial charge in [0.2, 0.25) is 0 Å². The molecule has 4 fully saturated rings. The number of carbonyl (C=O) groups excluding carboxylic acids is 1. The largest absolute Gasteiger partial charge is 0.508 e. The minimum absolute atomic E-state index is 0.269. The second-order valence-electron chi connectivity index (χ2n) is 9.44. The van der Waals surface area contributed by atoms with E-state index in [4.69, 9.17) is 0 Å². The fourth-order valence-electron chi connectivity index (χ4n) is 6.57. The molecule has 4 aliphatic carbocycles. The maximum atomic E-state index is 11.3. The van der Waals surface area contributed by atoms with Crippen molar-refractivity contribution in [3.8, 4) is 16.9 Å². The average molecular weight is 389 g/mol. The summed E-state index contributed by atoms with van der Waals surface area (Å²) >= 11 is 0. The Bertz CT molecular complexity index is 919. The molecule has 3 heteroatoms. The van der Waals surface area contributed by atoms with Gasteiger partial charge in [0.1, 0.15) is 5.75 Å². The van der Waals surface area contributed by atoms with E-state index in [1.807, 2.05) is 24.3 Å². The van der Waals surface area contributed by atoms with Gasteiger partial charge in [-0.15, -0.1) is 0 Å². The zero-order chi connectivity index (χ0) is 20.0. The van der Waals surface area contributed by atoms with Crippen LogP contribution in [0, 0.1) is 17.8 Å². The van der Waals surface area contributed by atoms with E-state index in [9.17, 15) is 9.90 Å². The van der Waals surface area contributed by atoms with Crippen molar-refractivity contribution in [3.05, 3.63) is 59.7 Å². The van der Waals surface area contributed by atoms with Crippen LogP contribution in [0.5, 0.6) is 5.75 Å². The number of aromatic hydroxyl groups is 1. The predicted molar refractivity (Wildman–Crippen MR) is 114 cm³/mol. The average Bonchev–Trinajstić information content (AvgIpc) is 2.71. The lowest BCUT2D eigenvalue weighted by Gasteiger charge is -2.57. The summed E-state index contributed by atoms with van der Waals surface area (Å²) in [7, 11) is 1.37. The van der Waals surface area contributed by atoms with E-state index in [0.29, 0.717) is 5.75 Å². The molecule has 0 atom stereocenters. The summed E-state index contributed by atoms with van der Waals surface area (Å²) in [5.74, 6) is 2.65. The van der Waals surface area contributed by atoms with Gasteiger partial charge in [-0.1, -0.05) is 30.3 Å². The minimum atomic E-state index is -0.359. The normalized spacial score (nSPS) is 30.0. The van der Waals surface area contributed by atoms with Gasteiger partial charge in [0.15, 0.2) is 0 Å². The molecular formula is C26H28O3. The van der Waals surface area contributed by atoms with E-state index in [0.717, 1.165) is 34.4 Å². The van der Waals surface area contributed by atoms with Crippen LogP contribution < -0.4 is 0 Å². The van der Waals surface area contributed by atoms with Crippen LogP contribution in [0.4, 0.5) is 0 Å². The number of esters is 1. The molecule has 6 rings (SSSR count). The number of phenols is 1. The third-order valence-electron chi connectivity index (χ3n) is 7.43. The molecule has 1 N–H and O–H groups in total. The van der Waals surface area contributed by atoms with Crippen molar-refractivity contribution in [3.63, 3.8) is 0 Å². The number of benzene rings is 2. The Morgan fingerprint density at radius 1 is 0.966 bits per heavy atom. The summed E-state index contributed by atoms with van der Waals surface area (Å²) in [5.41, 5.74) is 4.70. The summed E-state index contributed by atoms with van der Waals surface area (Å²) in [6.45, 7) is 0. The van der Waals surface area contributed by atoms with Crippen molar-refractivity contribution in [2.75, 3.05) is 7.11 Å².